The van der Waals surface area contributed by atoms with Crippen LogP contribution in [0.4, 0.5) is 0 Å². The molecule has 0 N–H and O–H groups in total. The monoisotopic (exact) mass is 490 g/mol. The molecule has 0 amide bonds. The van der Waals surface area contributed by atoms with Crippen molar-refractivity contribution >= 4 is 29.8 Å². The van der Waals surface area contributed by atoms with E-state index in [1.165, 1.54) is 0 Å². The second-order valence-corrected chi connectivity index (χ2v) is 7.69. The third-order valence-electron chi connectivity index (χ3n) is 4.41. The summed E-state index contributed by atoms with van der Waals surface area (Å²) in [5.74, 6) is -3.28. The molecule has 0 aromatic rings. The number of hydrogen-bond donors (Lipinski definition) is 0. The molecule has 0 aliphatic rings. The molecule has 0 spiro atoms. The van der Waals surface area contributed by atoms with Gasteiger partial charge in [0.05, 0.1) is 38.4 Å². The van der Waals surface area contributed by atoms with Crippen LogP contribution in [0.15, 0.2) is 0 Å². The van der Waals surface area contributed by atoms with Gasteiger partial charge in [-0.05, 0) is 61.3 Å². The Hall–Kier alpha value is -2.65. The SMILES string of the molecule is CCOC(=O)C(CCCCC(C)(C)C(=O)OCC)C(=O)OCC.CCOC(=O)CC(=O)OCC. The standard InChI is InChI=1S/C17H30O6.C7H12O4/c1-6-21-14(18)13(15(19)22-7-2)11-9-10-12-17(4,5)16(20)23-8-3;1-3-10-6(8)5-7(9)11-4-2/h13H,6-12H2,1-5H3;3-5H2,1-2H3. The number of unbranched alkanes of at least 4 members (excludes halogenated alkanes) is 1. The van der Waals surface area contributed by atoms with Crippen LogP contribution < -0.4 is 0 Å². The fraction of sp³-hybridized carbons (Fsp3) is 0.792. The van der Waals surface area contributed by atoms with Crippen LogP contribution in [-0.2, 0) is 47.7 Å². The van der Waals surface area contributed by atoms with Gasteiger partial charge in [0.15, 0.2) is 5.92 Å². The van der Waals surface area contributed by atoms with E-state index in [2.05, 4.69) is 9.47 Å². The minimum absolute atomic E-state index is 0.227. The maximum atomic E-state index is 11.8. The quantitative estimate of drug-likeness (QED) is 0.146. The molecule has 0 aliphatic heterocycles. The summed E-state index contributed by atoms with van der Waals surface area (Å²) in [7, 11) is 0. The van der Waals surface area contributed by atoms with Crippen molar-refractivity contribution in [1.29, 1.82) is 0 Å². The lowest BCUT2D eigenvalue weighted by Gasteiger charge is -2.22. The average Bonchev–Trinajstić information content (AvgIpc) is 2.74. The Bertz CT molecular complexity index is 593. The number of carbonyl (C=O) groups excluding carboxylic acids is 5. The van der Waals surface area contributed by atoms with E-state index >= 15 is 0 Å². The van der Waals surface area contributed by atoms with Gasteiger partial charge in [-0.3, -0.25) is 24.0 Å². The Labute approximate surface area is 203 Å². The molecule has 198 valence electrons. The summed E-state index contributed by atoms with van der Waals surface area (Å²) in [6.45, 7) is 13.6. The molecule has 0 fully saturated rings. The Morgan fingerprint density at radius 1 is 0.618 bits per heavy atom. The number of carbonyl (C=O) groups is 5. The van der Waals surface area contributed by atoms with Gasteiger partial charge in [-0.25, -0.2) is 0 Å². The molecule has 0 saturated carbocycles. The summed E-state index contributed by atoms with van der Waals surface area (Å²) in [6, 6.07) is 0. The summed E-state index contributed by atoms with van der Waals surface area (Å²) in [5, 5.41) is 0. The lowest BCUT2D eigenvalue weighted by atomic mass is 9.86. The molecular weight excluding hydrogens is 448 g/mol. The third kappa shape index (κ3) is 16.0. The first-order valence-electron chi connectivity index (χ1n) is 11.8. The molecule has 0 unspecified atom stereocenters. The number of rotatable bonds is 15. The molecule has 0 bridgehead atoms. The summed E-state index contributed by atoms with van der Waals surface area (Å²) in [6.07, 6.45) is 2.04. The molecule has 0 radical (unpaired) electrons. The van der Waals surface area contributed by atoms with Gasteiger partial charge in [-0.1, -0.05) is 12.8 Å². The minimum atomic E-state index is -0.888. The lowest BCUT2D eigenvalue weighted by molar-refractivity contribution is -0.162. The van der Waals surface area contributed by atoms with Crippen molar-refractivity contribution in [2.24, 2.45) is 11.3 Å². The average molecular weight is 491 g/mol. The van der Waals surface area contributed by atoms with Crippen LogP contribution in [0.3, 0.4) is 0 Å². The van der Waals surface area contributed by atoms with Crippen LogP contribution in [0.2, 0.25) is 0 Å². The zero-order chi connectivity index (χ0) is 26.6. The van der Waals surface area contributed by atoms with E-state index in [9.17, 15) is 24.0 Å². The van der Waals surface area contributed by atoms with E-state index in [4.69, 9.17) is 14.2 Å². The van der Waals surface area contributed by atoms with Crippen LogP contribution in [0.1, 0.15) is 80.6 Å². The molecule has 0 rings (SSSR count). The van der Waals surface area contributed by atoms with E-state index in [1.807, 2.05) is 13.8 Å². The van der Waals surface area contributed by atoms with Gasteiger partial charge in [-0.15, -0.1) is 0 Å². The van der Waals surface area contributed by atoms with Gasteiger partial charge < -0.3 is 23.7 Å². The molecule has 0 atom stereocenters. The molecular formula is C24H42O10. The van der Waals surface area contributed by atoms with Gasteiger partial charge >= 0.3 is 29.8 Å². The van der Waals surface area contributed by atoms with E-state index in [0.29, 0.717) is 32.3 Å². The minimum Gasteiger partial charge on any atom is -0.466 e. The topological polar surface area (TPSA) is 132 Å². The molecule has 0 saturated heterocycles. The van der Waals surface area contributed by atoms with Gasteiger partial charge in [0, 0.05) is 0 Å². The maximum absolute atomic E-state index is 11.8. The van der Waals surface area contributed by atoms with E-state index in [-0.39, 0.29) is 38.8 Å². The van der Waals surface area contributed by atoms with Crippen molar-refractivity contribution in [3.05, 3.63) is 0 Å². The maximum Gasteiger partial charge on any atom is 0.320 e. The van der Waals surface area contributed by atoms with Crippen LogP contribution in [-0.4, -0.2) is 62.9 Å². The first kappa shape index (κ1) is 33.5. The van der Waals surface area contributed by atoms with Crippen molar-refractivity contribution in [2.45, 2.75) is 80.6 Å². The smallest absolute Gasteiger partial charge is 0.320 e. The van der Waals surface area contributed by atoms with Gasteiger partial charge in [0.25, 0.3) is 0 Å². The van der Waals surface area contributed by atoms with Crippen LogP contribution >= 0.6 is 0 Å². The van der Waals surface area contributed by atoms with E-state index in [0.717, 1.165) is 0 Å². The zero-order valence-corrected chi connectivity index (χ0v) is 21.7. The summed E-state index contributed by atoms with van der Waals surface area (Å²) in [5.41, 5.74) is -0.570. The van der Waals surface area contributed by atoms with Crippen molar-refractivity contribution in [3.8, 4) is 0 Å². The second-order valence-electron chi connectivity index (χ2n) is 7.69. The fourth-order valence-electron chi connectivity index (χ4n) is 2.70. The van der Waals surface area contributed by atoms with Gasteiger partial charge in [0.1, 0.15) is 6.42 Å². The molecule has 10 nitrogen and oxygen atoms in total. The zero-order valence-electron chi connectivity index (χ0n) is 21.7. The molecule has 10 heteroatoms. The Morgan fingerprint density at radius 3 is 1.41 bits per heavy atom. The molecule has 0 aromatic heterocycles. The highest BCUT2D eigenvalue weighted by Crippen LogP contribution is 2.26. The molecule has 0 heterocycles. The molecule has 0 aromatic carbocycles. The highest BCUT2D eigenvalue weighted by molar-refractivity contribution is 5.94. The van der Waals surface area contributed by atoms with Crippen LogP contribution in [0.25, 0.3) is 0 Å². The fourth-order valence-corrected chi connectivity index (χ4v) is 2.70. The molecule has 34 heavy (non-hydrogen) atoms. The van der Waals surface area contributed by atoms with Gasteiger partial charge in [0.2, 0.25) is 0 Å². The van der Waals surface area contributed by atoms with Crippen molar-refractivity contribution in [3.63, 3.8) is 0 Å². The van der Waals surface area contributed by atoms with Crippen molar-refractivity contribution in [1.82, 2.24) is 0 Å². The third-order valence-corrected chi connectivity index (χ3v) is 4.41. The van der Waals surface area contributed by atoms with Crippen LogP contribution in [0.5, 0.6) is 0 Å². The van der Waals surface area contributed by atoms with E-state index < -0.39 is 35.2 Å². The van der Waals surface area contributed by atoms with Crippen molar-refractivity contribution in [2.75, 3.05) is 33.0 Å². The Balaban J connectivity index is 0. The van der Waals surface area contributed by atoms with Crippen molar-refractivity contribution < 1.29 is 47.7 Å². The van der Waals surface area contributed by atoms with Crippen LogP contribution in [0, 0.1) is 11.3 Å². The molecule has 0 aliphatic carbocycles. The number of ether oxygens (including phenoxy) is 5. The first-order chi connectivity index (χ1) is 16.0. The summed E-state index contributed by atoms with van der Waals surface area (Å²) < 4.78 is 23.9. The second kappa shape index (κ2) is 19.8. The Kier molecular flexibility index (Phi) is 19.5. The Morgan fingerprint density at radius 2 is 1.03 bits per heavy atom. The summed E-state index contributed by atoms with van der Waals surface area (Å²) in [4.78, 5) is 56.7. The highest BCUT2D eigenvalue weighted by atomic mass is 16.6. The largest absolute Gasteiger partial charge is 0.466 e. The highest BCUT2D eigenvalue weighted by Gasteiger charge is 2.31. The lowest BCUT2D eigenvalue weighted by Crippen LogP contribution is -2.29. The number of esters is 5. The first-order valence-corrected chi connectivity index (χ1v) is 11.8. The number of hydrogen-bond acceptors (Lipinski definition) is 10. The summed E-state index contributed by atoms with van der Waals surface area (Å²) >= 11 is 0. The normalized spacial score (nSPS) is 10.5. The predicted molar refractivity (Wildman–Crippen MR) is 124 cm³/mol. The van der Waals surface area contributed by atoms with Gasteiger partial charge in [-0.2, -0.15) is 0 Å². The predicted octanol–water partition coefficient (Wildman–Crippen LogP) is 3.38. The van der Waals surface area contributed by atoms with E-state index in [1.54, 1.807) is 34.6 Å².